The van der Waals surface area contributed by atoms with E-state index < -0.39 is 12.0 Å². The van der Waals surface area contributed by atoms with Gasteiger partial charge in [0.25, 0.3) is 5.56 Å². The molecule has 9 nitrogen and oxygen atoms in total. The number of para-hydroxylation sites is 1. The van der Waals surface area contributed by atoms with Crippen LogP contribution in [0.5, 0.6) is 11.5 Å². The Morgan fingerprint density at radius 1 is 1.05 bits per heavy atom. The maximum absolute atomic E-state index is 14.0. The molecule has 10 heteroatoms. The summed E-state index contributed by atoms with van der Waals surface area (Å²) in [5.41, 5.74) is 2.96. The molecule has 0 saturated carbocycles. The Hall–Kier alpha value is -3.89. The molecular weight excluding hydrogens is 530 g/mol. The first-order valence-corrected chi connectivity index (χ1v) is 13.9. The van der Waals surface area contributed by atoms with Crippen molar-refractivity contribution in [1.82, 2.24) is 4.57 Å². The number of nitrogens with zero attached hydrogens (tertiary/aromatic N) is 3. The van der Waals surface area contributed by atoms with Gasteiger partial charge in [-0.05, 0) is 45.0 Å². The highest BCUT2D eigenvalue weighted by Gasteiger charge is 2.35. The molecule has 0 amide bonds. The third-order valence-corrected chi connectivity index (χ3v) is 7.81. The fourth-order valence-electron chi connectivity index (χ4n) is 4.81. The Bertz CT molecular complexity index is 1590. The molecule has 2 heterocycles. The number of ether oxygens (including phenoxy) is 4. The number of methoxy groups -OCH3 is 3. The number of benzene rings is 2. The van der Waals surface area contributed by atoms with Crippen LogP contribution >= 0.6 is 11.3 Å². The number of carbonyl (C=O) groups is 1. The normalized spacial score (nSPS) is 14.9. The van der Waals surface area contributed by atoms with Crippen molar-refractivity contribution in [3.8, 4) is 11.5 Å². The van der Waals surface area contributed by atoms with Crippen LogP contribution in [0.1, 0.15) is 37.9 Å². The van der Waals surface area contributed by atoms with Crippen molar-refractivity contribution in [2.24, 2.45) is 4.99 Å². The van der Waals surface area contributed by atoms with Crippen molar-refractivity contribution < 1.29 is 23.7 Å². The predicted molar refractivity (Wildman–Crippen MR) is 156 cm³/mol. The average Bonchev–Trinajstić information content (AvgIpc) is 3.27. The number of anilines is 1. The lowest BCUT2D eigenvalue weighted by atomic mass is 9.95. The minimum atomic E-state index is -0.781. The van der Waals surface area contributed by atoms with E-state index in [4.69, 9.17) is 18.9 Å². The van der Waals surface area contributed by atoms with Gasteiger partial charge in [0.15, 0.2) is 4.80 Å². The van der Waals surface area contributed by atoms with E-state index in [1.54, 1.807) is 31.8 Å². The Morgan fingerprint density at radius 3 is 2.45 bits per heavy atom. The molecule has 4 rings (SSSR count). The third-order valence-electron chi connectivity index (χ3n) is 6.83. The maximum atomic E-state index is 14.0. The third kappa shape index (κ3) is 5.68. The highest BCUT2D eigenvalue weighted by atomic mass is 32.1. The molecule has 0 saturated heterocycles. The second-order valence-electron chi connectivity index (χ2n) is 9.05. The quantitative estimate of drug-likeness (QED) is 0.260. The highest BCUT2D eigenvalue weighted by molar-refractivity contribution is 7.07. The molecule has 0 N–H and O–H groups in total. The van der Waals surface area contributed by atoms with Gasteiger partial charge in [0.2, 0.25) is 0 Å². The second-order valence-corrected chi connectivity index (χ2v) is 10.1. The number of hydrogen-bond donors (Lipinski definition) is 0. The molecule has 1 aliphatic heterocycles. The van der Waals surface area contributed by atoms with Gasteiger partial charge in [-0.1, -0.05) is 29.5 Å². The second kappa shape index (κ2) is 13.0. The molecule has 1 aliphatic rings. The lowest BCUT2D eigenvalue weighted by Crippen LogP contribution is -2.40. The van der Waals surface area contributed by atoms with E-state index >= 15 is 0 Å². The predicted octanol–water partition coefficient (Wildman–Crippen LogP) is 3.29. The van der Waals surface area contributed by atoms with Gasteiger partial charge >= 0.3 is 5.97 Å². The van der Waals surface area contributed by atoms with E-state index in [0.717, 1.165) is 24.3 Å². The molecule has 1 atom stereocenters. The Balaban J connectivity index is 1.89. The fourth-order valence-corrected chi connectivity index (χ4v) is 5.85. The summed E-state index contributed by atoms with van der Waals surface area (Å²) in [5, 5.41) is 0. The van der Waals surface area contributed by atoms with Gasteiger partial charge < -0.3 is 23.8 Å². The van der Waals surface area contributed by atoms with Crippen LogP contribution in [0.25, 0.3) is 6.08 Å². The van der Waals surface area contributed by atoms with Gasteiger partial charge in [-0.2, -0.15) is 0 Å². The summed E-state index contributed by atoms with van der Waals surface area (Å²) in [5.74, 6) is 0.653. The van der Waals surface area contributed by atoms with Crippen molar-refractivity contribution in [2.45, 2.75) is 26.8 Å². The molecule has 212 valence electrons. The summed E-state index contributed by atoms with van der Waals surface area (Å²) in [6.45, 7) is 8.04. The van der Waals surface area contributed by atoms with Crippen LogP contribution in [-0.2, 0) is 14.3 Å². The lowest BCUT2D eigenvalue weighted by Gasteiger charge is -2.26. The summed E-state index contributed by atoms with van der Waals surface area (Å²) < 4.78 is 23.9. The highest BCUT2D eigenvalue weighted by Crippen LogP contribution is 2.35. The van der Waals surface area contributed by atoms with Crippen LogP contribution in [0, 0.1) is 0 Å². The maximum Gasteiger partial charge on any atom is 0.338 e. The number of allylic oxidation sites excluding steroid dienone is 1. The first-order chi connectivity index (χ1) is 19.4. The first kappa shape index (κ1) is 29.1. The van der Waals surface area contributed by atoms with Gasteiger partial charge in [0, 0.05) is 43.1 Å². The number of aromatic nitrogens is 1. The summed E-state index contributed by atoms with van der Waals surface area (Å²) >= 11 is 1.26. The van der Waals surface area contributed by atoms with E-state index in [1.165, 1.54) is 18.4 Å². The van der Waals surface area contributed by atoms with Gasteiger partial charge in [-0.15, -0.1) is 0 Å². The van der Waals surface area contributed by atoms with E-state index in [0.29, 0.717) is 32.1 Å². The fraction of sp³-hybridized carbons (Fsp3) is 0.367. The molecule has 0 spiro atoms. The molecule has 0 aliphatic carbocycles. The SMILES string of the molecule is CCN(CC)c1ccc(C=c2sc3n(c2=O)C(c2ccccc2OC)C(C(=O)OCCOC)=C(C)N=3)c(OC)c1. The number of thiazole rings is 1. The zero-order chi connectivity index (χ0) is 28.8. The zero-order valence-electron chi connectivity index (χ0n) is 23.7. The molecule has 0 radical (unpaired) electrons. The minimum absolute atomic E-state index is 0.0818. The summed E-state index contributed by atoms with van der Waals surface area (Å²) in [6.07, 6.45) is 1.81. The van der Waals surface area contributed by atoms with E-state index in [1.807, 2.05) is 42.5 Å². The Labute approximate surface area is 237 Å². The number of esters is 1. The van der Waals surface area contributed by atoms with Crippen LogP contribution in [0.2, 0.25) is 0 Å². The molecular formula is C30H35N3O6S. The summed E-state index contributed by atoms with van der Waals surface area (Å²) in [4.78, 5) is 34.7. The molecule has 2 aromatic carbocycles. The van der Waals surface area contributed by atoms with Crippen LogP contribution < -0.4 is 29.3 Å². The van der Waals surface area contributed by atoms with Crippen molar-refractivity contribution >= 4 is 29.1 Å². The van der Waals surface area contributed by atoms with E-state index in [9.17, 15) is 9.59 Å². The van der Waals surface area contributed by atoms with Crippen molar-refractivity contribution in [2.75, 3.05) is 52.5 Å². The molecule has 0 fully saturated rings. The summed E-state index contributed by atoms with van der Waals surface area (Å²) in [7, 11) is 4.71. The van der Waals surface area contributed by atoms with E-state index in [2.05, 4.69) is 23.7 Å². The van der Waals surface area contributed by atoms with E-state index in [-0.39, 0.29) is 24.3 Å². The molecule has 0 bridgehead atoms. The largest absolute Gasteiger partial charge is 0.496 e. The Morgan fingerprint density at radius 2 is 1.77 bits per heavy atom. The van der Waals surface area contributed by atoms with Crippen molar-refractivity contribution in [3.05, 3.63) is 84.5 Å². The number of rotatable bonds is 11. The number of hydrogen-bond acceptors (Lipinski definition) is 9. The van der Waals surface area contributed by atoms with Crippen molar-refractivity contribution in [1.29, 1.82) is 0 Å². The summed E-state index contributed by atoms with van der Waals surface area (Å²) in [6, 6.07) is 12.5. The minimum Gasteiger partial charge on any atom is -0.496 e. The Kier molecular flexibility index (Phi) is 9.44. The number of carbonyl (C=O) groups excluding carboxylic acids is 1. The smallest absolute Gasteiger partial charge is 0.338 e. The zero-order valence-corrected chi connectivity index (χ0v) is 24.5. The van der Waals surface area contributed by atoms with Crippen LogP contribution in [-0.4, -0.2) is 58.2 Å². The molecule has 1 unspecified atom stereocenters. The standard InChI is InChI=1S/C30H35N3O6S/c1-7-32(8-2)21-14-13-20(24(18-21)38-6)17-25-28(34)33-27(22-11-9-10-12-23(22)37-5)26(19(3)31-30(33)40-25)29(35)39-16-15-36-4/h9-14,17-18,27H,7-8,15-16H2,1-6H3. The topological polar surface area (TPSA) is 91.6 Å². The van der Waals surface area contributed by atoms with Crippen LogP contribution in [0.4, 0.5) is 5.69 Å². The van der Waals surface area contributed by atoms with Crippen LogP contribution in [0.15, 0.2) is 63.5 Å². The first-order valence-electron chi connectivity index (χ1n) is 13.1. The van der Waals surface area contributed by atoms with Gasteiger partial charge in [-0.3, -0.25) is 9.36 Å². The molecule has 1 aromatic heterocycles. The average molecular weight is 566 g/mol. The van der Waals surface area contributed by atoms with Crippen LogP contribution in [0.3, 0.4) is 0 Å². The van der Waals surface area contributed by atoms with Gasteiger partial charge in [-0.25, -0.2) is 9.79 Å². The molecule has 3 aromatic rings. The van der Waals surface area contributed by atoms with Gasteiger partial charge in [0.1, 0.15) is 24.1 Å². The van der Waals surface area contributed by atoms with Crippen molar-refractivity contribution in [3.63, 3.8) is 0 Å². The lowest BCUT2D eigenvalue weighted by molar-refractivity contribution is -0.140. The number of fused-ring (bicyclic) bond motifs is 1. The molecule has 40 heavy (non-hydrogen) atoms. The monoisotopic (exact) mass is 565 g/mol. The van der Waals surface area contributed by atoms with Gasteiger partial charge in [0.05, 0.1) is 36.6 Å².